The summed E-state index contributed by atoms with van der Waals surface area (Å²) in [4.78, 5) is 24.4. The zero-order chi connectivity index (χ0) is 16.4. The van der Waals surface area contributed by atoms with Gasteiger partial charge in [-0.15, -0.1) is 0 Å². The van der Waals surface area contributed by atoms with Crippen LogP contribution in [0.3, 0.4) is 0 Å². The third kappa shape index (κ3) is 2.51. The van der Waals surface area contributed by atoms with E-state index in [1.54, 1.807) is 7.11 Å². The Morgan fingerprint density at radius 2 is 1.74 bits per heavy atom. The van der Waals surface area contributed by atoms with Gasteiger partial charge in [0.1, 0.15) is 6.61 Å². The van der Waals surface area contributed by atoms with Crippen molar-refractivity contribution in [1.82, 2.24) is 5.32 Å². The van der Waals surface area contributed by atoms with E-state index in [1.165, 1.54) is 0 Å². The molecule has 2 N–H and O–H groups in total. The molecule has 1 heterocycles. The normalized spacial score (nSPS) is 13.1. The van der Waals surface area contributed by atoms with E-state index in [1.807, 2.05) is 31.2 Å². The fourth-order valence-corrected chi connectivity index (χ4v) is 2.82. The summed E-state index contributed by atoms with van der Waals surface area (Å²) in [6.45, 7) is 3.32. The summed E-state index contributed by atoms with van der Waals surface area (Å²) in [7, 11) is 1.60. The Bertz CT molecular complexity index is 786. The second kappa shape index (κ2) is 6.26. The van der Waals surface area contributed by atoms with Crippen LogP contribution in [0.4, 0.5) is 5.69 Å². The molecule has 6 heteroatoms. The van der Waals surface area contributed by atoms with E-state index in [-0.39, 0.29) is 5.91 Å². The number of hydrogen-bond donors (Lipinski definition) is 2. The molecule has 0 atom stereocenters. The zero-order valence-corrected chi connectivity index (χ0v) is 13.1. The van der Waals surface area contributed by atoms with Gasteiger partial charge in [0.2, 0.25) is 0 Å². The highest BCUT2D eigenvalue weighted by molar-refractivity contribution is 6.30. The van der Waals surface area contributed by atoms with E-state index < -0.39 is 5.91 Å². The third-order valence-electron chi connectivity index (χ3n) is 3.74. The van der Waals surface area contributed by atoms with Gasteiger partial charge < -0.3 is 14.8 Å². The lowest BCUT2D eigenvalue weighted by atomic mass is 9.97. The van der Waals surface area contributed by atoms with Gasteiger partial charge >= 0.3 is 0 Å². The molecule has 3 rings (SSSR count). The molecule has 0 aliphatic carbocycles. The average molecular weight is 314 g/mol. The first-order valence-electron chi connectivity index (χ1n) is 7.49. The van der Waals surface area contributed by atoms with Gasteiger partial charge in [0.15, 0.2) is 5.75 Å². The fourth-order valence-electron chi connectivity index (χ4n) is 2.82. The monoisotopic (exact) mass is 314 g/mol. The Morgan fingerprint density at radius 1 is 1.04 bits per heavy atom. The quantitative estimate of drug-likeness (QED) is 0.631. The van der Waals surface area contributed by atoms with Gasteiger partial charge in [-0.25, -0.2) is 0 Å². The number of rotatable bonds is 6. The summed E-state index contributed by atoms with van der Waals surface area (Å²) >= 11 is 0. The summed E-state index contributed by atoms with van der Waals surface area (Å²) in [5, 5.41) is 7.04. The first-order chi connectivity index (χ1) is 11.2. The molecule has 2 aromatic carbocycles. The second-order valence-corrected chi connectivity index (χ2v) is 5.15. The van der Waals surface area contributed by atoms with Crippen molar-refractivity contribution in [3.63, 3.8) is 0 Å². The molecule has 1 aliphatic rings. The highest BCUT2D eigenvalue weighted by atomic mass is 16.5. The van der Waals surface area contributed by atoms with E-state index in [9.17, 15) is 9.59 Å². The summed E-state index contributed by atoms with van der Waals surface area (Å²) in [6, 6.07) is 7.42. The number of nitrogens with one attached hydrogen (secondary N) is 2. The second-order valence-electron chi connectivity index (χ2n) is 5.15. The minimum atomic E-state index is -0.400. The van der Waals surface area contributed by atoms with Crippen molar-refractivity contribution >= 4 is 28.3 Å². The summed E-state index contributed by atoms with van der Waals surface area (Å²) < 4.78 is 10.9. The lowest BCUT2D eigenvalue weighted by molar-refractivity contribution is 0.0880. The van der Waals surface area contributed by atoms with Gasteiger partial charge in [-0.1, -0.05) is 24.3 Å². The van der Waals surface area contributed by atoms with Crippen LogP contribution in [-0.2, 0) is 4.74 Å². The maximum Gasteiger partial charge on any atom is 0.261 e. The molecule has 0 radical (unpaired) electrons. The third-order valence-corrected chi connectivity index (χ3v) is 3.74. The lowest BCUT2D eigenvalue weighted by Crippen LogP contribution is -2.20. The number of anilines is 1. The molecule has 0 fully saturated rings. The van der Waals surface area contributed by atoms with Crippen LogP contribution < -0.4 is 15.4 Å². The average Bonchev–Trinajstić information content (AvgIpc) is 2.85. The Morgan fingerprint density at radius 3 is 2.43 bits per heavy atom. The van der Waals surface area contributed by atoms with Gasteiger partial charge in [-0.3, -0.25) is 14.9 Å². The number of fused-ring (bicyclic) bond motifs is 3. The van der Waals surface area contributed by atoms with E-state index in [0.717, 1.165) is 5.39 Å². The van der Waals surface area contributed by atoms with Crippen molar-refractivity contribution < 1.29 is 19.1 Å². The molecule has 0 aromatic heterocycles. The standard InChI is InChI=1S/C17H18N2O4/c1-3-18-14-13-12(16(20)19-17(13)21)10-6-4-5-7-11(10)15(14)23-9-8-22-2/h4-7,18H,3,8-9H2,1-2H3,(H,19,20,21). The zero-order valence-electron chi connectivity index (χ0n) is 13.1. The summed E-state index contributed by atoms with van der Waals surface area (Å²) in [5.41, 5.74) is 1.31. The number of amides is 2. The van der Waals surface area contributed by atoms with Crippen LogP contribution in [0.15, 0.2) is 24.3 Å². The summed E-state index contributed by atoms with van der Waals surface area (Å²) in [6.07, 6.45) is 0. The number of hydrogen-bond acceptors (Lipinski definition) is 5. The minimum absolute atomic E-state index is 0.350. The molecule has 120 valence electrons. The fraction of sp³-hybridized carbons (Fsp3) is 0.294. The maximum absolute atomic E-state index is 12.2. The van der Waals surface area contributed by atoms with E-state index >= 15 is 0 Å². The Hall–Kier alpha value is -2.60. The molecule has 23 heavy (non-hydrogen) atoms. The molecule has 0 spiro atoms. The van der Waals surface area contributed by atoms with Crippen molar-refractivity contribution in [2.75, 3.05) is 32.2 Å². The highest BCUT2D eigenvalue weighted by Crippen LogP contribution is 2.42. The molecule has 0 bridgehead atoms. The molecule has 2 aromatic rings. The molecule has 0 saturated carbocycles. The van der Waals surface area contributed by atoms with Crippen molar-refractivity contribution in [3.8, 4) is 5.75 Å². The predicted molar refractivity (Wildman–Crippen MR) is 87.3 cm³/mol. The molecule has 6 nitrogen and oxygen atoms in total. The Labute approximate surface area is 133 Å². The van der Waals surface area contributed by atoms with Gasteiger partial charge in [0.05, 0.1) is 23.4 Å². The van der Waals surface area contributed by atoms with Crippen molar-refractivity contribution in [3.05, 3.63) is 35.4 Å². The van der Waals surface area contributed by atoms with E-state index in [0.29, 0.717) is 47.7 Å². The van der Waals surface area contributed by atoms with Crippen LogP contribution in [-0.4, -0.2) is 38.7 Å². The maximum atomic E-state index is 12.2. The topological polar surface area (TPSA) is 76.7 Å². The predicted octanol–water partition coefficient (Wildman–Crippen LogP) is 2.18. The Kier molecular flexibility index (Phi) is 4.16. The first-order valence-corrected chi connectivity index (χ1v) is 7.49. The molecule has 0 saturated heterocycles. The first kappa shape index (κ1) is 15.3. The number of ether oxygens (including phenoxy) is 2. The molecule has 2 amide bonds. The minimum Gasteiger partial charge on any atom is -0.488 e. The van der Waals surface area contributed by atoms with Crippen LogP contribution >= 0.6 is 0 Å². The van der Waals surface area contributed by atoms with Crippen molar-refractivity contribution in [1.29, 1.82) is 0 Å². The van der Waals surface area contributed by atoms with Gasteiger partial charge in [0, 0.05) is 19.0 Å². The highest BCUT2D eigenvalue weighted by Gasteiger charge is 2.34. The van der Waals surface area contributed by atoms with Crippen molar-refractivity contribution in [2.45, 2.75) is 6.92 Å². The summed E-state index contributed by atoms with van der Waals surface area (Å²) in [5.74, 6) is -0.199. The van der Waals surface area contributed by atoms with Crippen molar-refractivity contribution in [2.24, 2.45) is 0 Å². The number of benzene rings is 2. The van der Waals surface area contributed by atoms with E-state index in [2.05, 4.69) is 10.6 Å². The Balaban J connectivity index is 2.29. The van der Waals surface area contributed by atoms with Crippen LogP contribution in [0.2, 0.25) is 0 Å². The van der Waals surface area contributed by atoms with Gasteiger partial charge in [-0.05, 0) is 12.3 Å². The van der Waals surface area contributed by atoms with Crippen LogP contribution in [0.25, 0.3) is 10.8 Å². The molecular formula is C17H18N2O4. The van der Waals surface area contributed by atoms with Crippen LogP contribution in [0.5, 0.6) is 5.75 Å². The molecule has 0 unspecified atom stereocenters. The largest absolute Gasteiger partial charge is 0.488 e. The number of carbonyl (C=O) groups excluding carboxylic acids is 2. The molecule has 1 aliphatic heterocycles. The van der Waals surface area contributed by atoms with Gasteiger partial charge in [0.25, 0.3) is 11.8 Å². The number of methoxy groups -OCH3 is 1. The van der Waals surface area contributed by atoms with Crippen LogP contribution in [0.1, 0.15) is 27.6 Å². The molecular weight excluding hydrogens is 296 g/mol. The SMILES string of the molecule is CCNc1c2c(c3ccccc3c1OCCOC)C(=O)NC2=O. The van der Waals surface area contributed by atoms with E-state index in [4.69, 9.17) is 9.47 Å². The smallest absolute Gasteiger partial charge is 0.261 e. The van der Waals surface area contributed by atoms with Gasteiger partial charge in [-0.2, -0.15) is 0 Å². The lowest BCUT2D eigenvalue weighted by Gasteiger charge is -2.18. The number of imide groups is 1. The number of carbonyl (C=O) groups is 2. The van der Waals surface area contributed by atoms with Crippen LogP contribution in [0, 0.1) is 0 Å².